The van der Waals surface area contributed by atoms with Crippen LogP contribution in [0.25, 0.3) is 4.85 Å². The monoisotopic (exact) mass is 224 g/mol. The van der Waals surface area contributed by atoms with E-state index in [9.17, 15) is 0 Å². The lowest BCUT2D eigenvalue weighted by atomic mass is 10.2. The molecule has 2 aromatic rings. The van der Waals surface area contributed by atoms with Gasteiger partial charge < -0.3 is 10.6 Å². The molecule has 0 aliphatic carbocycles. The second-order valence-corrected chi connectivity index (χ2v) is 3.49. The van der Waals surface area contributed by atoms with Crippen molar-refractivity contribution in [3.63, 3.8) is 0 Å². The molecule has 0 spiro atoms. The first-order valence-corrected chi connectivity index (χ1v) is 5.48. The van der Waals surface area contributed by atoms with Crippen LogP contribution in [0.2, 0.25) is 0 Å². The fourth-order valence-corrected chi connectivity index (χ4v) is 1.29. The van der Waals surface area contributed by atoms with E-state index in [0.29, 0.717) is 13.1 Å². The standard InChI is InChI=1S/C8H7N.C7H9N/c1-9-7-8-5-3-2-4-6-8;8-6-7-4-2-1-3-5-7/h2-6H,7H2;1-5H,6,8H2. The molecule has 0 radical (unpaired) electrons. The van der Waals surface area contributed by atoms with Crippen molar-refractivity contribution in [2.75, 3.05) is 0 Å². The lowest BCUT2D eigenvalue weighted by Gasteiger charge is -1.90. The van der Waals surface area contributed by atoms with Gasteiger partial charge in [-0.3, -0.25) is 0 Å². The largest absolute Gasteiger partial charge is 0.326 e. The number of rotatable bonds is 2. The molecule has 0 aromatic heterocycles. The predicted octanol–water partition coefficient (Wildman–Crippen LogP) is 3.25. The third-order valence-corrected chi connectivity index (χ3v) is 2.18. The summed E-state index contributed by atoms with van der Waals surface area (Å²) >= 11 is 0. The Morgan fingerprint density at radius 3 is 1.65 bits per heavy atom. The summed E-state index contributed by atoms with van der Waals surface area (Å²) in [6.45, 7) is 7.71. The van der Waals surface area contributed by atoms with Gasteiger partial charge in [-0.2, -0.15) is 0 Å². The molecular weight excluding hydrogens is 208 g/mol. The molecule has 0 atom stereocenters. The highest BCUT2D eigenvalue weighted by Crippen LogP contribution is 1.98. The van der Waals surface area contributed by atoms with E-state index in [4.69, 9.17) is 12.3 Å². The molecule has 0 aliphatic heterocycles. The third-order valence-electron chi connectivity index (χ3n) is 2.18. The van der Waals surface area contributed by atoms with Gasteiger partial charge in [0.25, 0.3) is 0 Å². The molecule has 0 saturated carbocycles. The zero-order valence-electron chi connectivity index (χ0n) is 9.71. The van der Waals surface area contributed by atoms with Crippen LogP contribution < -0.4 is 5.73 Å². The average molecular weight is 224 g/mol. The van der Waals surface area contributed by atoms with Gasteiger partial charge in [-0.25, -0.2) is 6.57 Å². The molecular formula is C15H16N2. The van der Waals surface area contributed by atoms with E-state index < -0.39 is 0 Å². The van der Waals surface area contributed by atoms with E-state index in [0.717, 1.165) is 5.56 Å². The van der Waals surface area contributed by atoms with Gasteiger partial charge in [-0.15, -0.1) is 0 Å². The van der Waals surface area contributed by atoms with Gasteiger partial charge in [0.05, 0.1) is 0 Å². The summed E-state index contributed by atoms with van der Waals surface area (Å²) < 4.78 is 0. The fraction of sp³-hybridized carbons (Fsp3) is 0.133. The molecule has 0 amide bonds. The van der Waals surface area contributed by atoms with E-state index >= 15 is 0 Å². The second kappa shape index (κ2) is 8.09. The summed E-state index contributed by atoms with van der Waals surface area (Å²) in [6, 6.07) is 19.7. The minimum Gasteiger partial charge on any atom is -0.326 e. The van der Waals surface area contributed by atoms with Crippen molar-refractivity contribution >= 4 is 0 Å². The van der Waals surface area contributed by atoms with Gasteiger partial charge in [0.1, 0.15) is 0 Å². The van der Waals surface area contributed by atoms with Crippen molar-refractivity contribution in [2.45, 2.75) is 13.1 Å². The van der Waals surface area contributed by atoms with Gasteiger partial charge in [-0.05, 0) is 5.56 Å². The molecule has 0 aliphatic rings. The highest BCUT2D eigenvalue weighted by molar-refractivity contribution is 5.15. The summed E-state index contributed by atoms with van der Waals surface area (Å²) in [6.07, 6.45) is 0. The van der Waals surface area contributed by atoms with E-state index in [1.807, 2.05) is 60.7 Å². The average Bonchev–Trinajstić information content (AvgIpc) is 2.42. The lowest BCUT2D eigenvalue weighted by molar-refractivity contribution is 1.07. The zero-order chi connectivity index (χ0) is 12.3. The lowest BCUT2D eigenvalue weighted by Crippen LogP contribution is -1.94. The Kier molecular flexibility index (Phi) is 6.17. The molecule has 2 heteroatoms. The molecule has 17 heavy (non-hydrogen) atoms. The highest BCUT2D eigenvalue weighted by Gasteiger charge is 1.88. The van der Waals surface area contributed by atoms with Crippen LogP contribution in [0.3, 0.4) is 0 Å². The molecule has 0 heterocycles. The Morgan fingerprint density at radius 2 is 1.29 bits per heavy atom. The van der Waals surface area contributed by atoms with E-state index in [-0.39, 0.29) is 0 Å². The van der Waals surface area contributed by atoms with Crippen molar-refractivity contribution in [1.29, 1.82) is 0 Å². The molecule has 2 N–H and O–H groups in total. The Hall–Kier alpha value is -2.11. The maximum Gasteiger partial charge on any atom is 0.239 e. The Labute approximate surface area is 103 Å². The summed E-state index contributed by atoms with van der Waals surface area (Å²) in [7, 11) is 0. The fourth-order valence-electron chi connectivity index (χ4n) is 1.29. The van der Waals surface area contributed by atoms with Crippen LogP contribution in [-0.2, 0) is 13.1 Å². The maximum absolute atomic E-state index is 6.57. The van der Waals surface area contributed by atoms with Crippen molar-refractivity contribution in [1.82, 2.24) is 0 Å². The number of benzene rings is 2. The SMILES string of the molecule is NCc1ccccc1.[C-]#[N+]Cc1ccccc1. The van der Waals surface area contributed by atoms with E-state index in [1.54, 1.807) is 0 Å². The van der Waals surface area contributed by atoms with Gasteiger partial charge in [-0.1, -0.05) is 60.7 Å². The van der Waals surface area contributed by atoms with E-state index in [2.05, 4.69) is 4.85 Å². The number of nitrogens with two attached hydrogens (primary N) is 1. The minimum absolute atomic E-state index is 0.501. The summed E-state index contributed by atoms with van der Waals surface area (Å²) in [5.41, 5.74) is 7.63. The highest BCUT2D eigenvalue weighted by atomic mass is 14.6. The third kappa shape index (κ3) is 5.50. The predicted molar refractivity (Wildman–Crippen MR) is 71.1 cm³/mol. The Balaban J connectivity index is 0.000000171. The summed E-state index contributed by atoms with van der Waals surface area (Å²) in [5.74, 6) is 0. The van der Waals surface area contributed by atoms with Crippen LogP contribution in [0, 0.1) is 6.57 Å². The van der Waals surface area contributed by atoms with Gasteiger partial charge in [0, 0.05) is 12.1 Å². The van der Waals surface area contributed by atoms with E-state index in [1.165, 1.54) is 5.56 Å². The van der Waals surface area contributed by atoms with Crippen LogP contribution in [0.4, 0.5) is 0 Å². The van der Waals surface area contributed by atoms with Gasteiger partial charge in [0.15, 0.2) is 0 Å². The van der Waals surface area contributed by atoms with Gasteiger partial charge >= 0.3 is 0 Å². The molecule has 2 aromatic carbocycles. The first kappa shape index (κ1) is 13.0. The van der Waals surface area contributed by atoms with Crippen LogP contribution in [0.1, 0.15) is 11.1 Å². The van der Waals surface area contributed by atoms with Gasteiger partial charge in [0.2, 0.25) is 6.54 Å². The minimum atomic E-state index is 0.501. The molecule has 2 rings (SSSR count). The molecule has 2 nitrogen and oxygen atoms in total. The topological polar surface area (TPSA) is 30.4 Å². The van der Waals surface area contributed by atoms with Crippen LogP contribution in [-0.4, -0.2) is 0 Å². The first-order valence-electron chi connectivity index (χ1n) is 5.48. The van der Waals surface area contributed by atoms with Crippen LogP contribution >= 0.6 is 0 Å². The van der Waals surface area contributed by atoms with Crippen molar-refractivity contribution in [3.05, 3.63) is 83.2 Å². The van der Waals surface area contributed by atoms with Crippen LogP contribution in [0.5, 0.6) is 0 Å². The molecule has 0 unspecified atom stereocenters. The summed E-state index contributed by atoms with van der Waals surface area (Å²) in [5, 5.41) is 0. The number of nitrogens with zero attached hydrogens (tertiary/aromatic N) is 1. The van der Waals surface area contributed by atoms with Crippen LogP contribution in [0.15, 0.2) is 60.7 Å². The number of hydrogen-bond acceptors (Lipinski definition) is 1. The quantitative estimate of drug-likeness (QED) is 0.780. The van der Waals surface area contributed by atoms with Crippen molar-refractivity contribution < 1.29 is 0 Å². The molecule has 0 bridgehead atoms. The molecule has 0 saturated heterocycles. The smallest absolute Gasteiger partial charge is 0.239 e. The van der Waals surface area contributed by atoms with Crippen molar-refractivity contribution in [2.24, 2.45) is 5.73 Å². The Bertz CT molecular complexity index is 443. The molecule has 0 fully saturated rings. The maximum atomic E-state index is 6.57. The summed E-state index contributed by atoms with van der Waals surface area (Å²) in [4.78, 5) is 3.26. The second-order valence-electron chi connectivity index (χ2n) is 3.49. The Morgan fingerprint density at radius 1 is 0.824 bits per heavy atom. The normalized spacial score (nSPS) is 8.71. The van der Waals surface area contributed by atoms with Crippen molar-refractivity contribution in [3.8, 4) is 0 Å². The first-order chi connectivity index (χ1) is 8.36. The molecule has 86 valence electrons. The zero-order valence-corrected chi connectivity index (χ0v) is 9.71. The number of hydrogen-bond donors (Lipinski definition) is 1.